The van der Waals surface area contributed by atoms with Gasteiger partial charge in [0.05, 0.1) is 6.61 Å². The summed E-state index contributed by atoms with van der Waals surface area (Å²) < 4.78 is 8.13. The van der Waals surface area contributed by atoms with Gasteiger partial charge < -0.3 is 14.7 Å². The summed E-state index contributed by atoms with van der Waals surface area (Å²) in [4.78, 5) is 28.8. The number of hydrogen-bond donors (Lipinski definition) is 1. The molecule has 7 rings (SSSR count). The third-order valence-electron chi connectivity index (χ3n) is 7.44. The van der Waals surface area contributed by atoms with Gasteiger partial charge in [-0.05, 0) is 41.5 Å². The molecule has 1 amide bonds. The molecule has 7 nitrogen and oxygen atoms in total. The number of carbonyl (C=O) groups is 1. The molecule has 3 aromatic rings. The van der Waals surface area contributed by atoms with Crippen molar-refractivity contribution in [2.75, 3.05) is 24.8 Å². The maximum absolute atomic E-state index is 13.5. The molecule has 1 fully saturated rings. The molecule has 0 radical (unpaired) electrons. The van der Waals surface area contributed by atoms with Crippen LogP contribution in [-0.2, 0) is 5.75 Å². The van der Waals surface area contributed by atoms with Crippen LogP contribution in [0.1, 0.15) is 39.6 Å². The Kier molecular flexibility index (Phi) is 4.30. The van der Waals surface area contributed by atoms with E-state index in [0.29, 0.717) is 31.7 Å². The highest BCUT2D eigenvalue weighted by Crippen LogP contribution is 2.48. The van der Waals surface area contributed by atoms with Gasteiger partial charge >= 0.3 is 0 Å². The van der Waals surface area contributed by atoms with E-state index < -0.39 is 11.2 Å². The van der Waals surface area contributed by atoms with Crippen LogP contribution in [0.3, 0.4) is 0 Å². The van der Waals surface area contributed by atoms with E-state index in [1.54, 1.807) is 27.5 Å². The van der Waals surface area contributed by atoms with Crippen LogP contribution >= 0.6 is 11.8 Å². The summed E-state index contributed by atoms with van der Waals surface area (Å²) in [5.74, 6) is 1.63. The van der Waals surface area contributed by atoms with Crippen LogP contribution < -0.4 is 15.2 Å². The molecule has 2 bridgehead atoms. The second kappa shape index (κ2) is 7.30. The van der Waals surface area contributed by atoms with Gasteiger partial charge in [0, 0.05) is 35.0 Å². The minimum atomic E-state index is -0.545. The molecule has 1 aromatic heterocycles. The van der Waals surface area contributed by atoms with Crippen molar-refractivity contribution >= 4 is 17.7 Å². The van der Waals surface area contributed by atoms with E-state index in [0.717, 1.165) is 29.1 Å². The SMILES string of the molecule is O=C1c2c(O)c(=O)ccn2N2CN1CC1C[C@@H]1COc1cccc3c1[C@H]2c1ccccc1SC3. The first-order valence-electron chi connectivity index (χ1n) is 11.6. The molecule has 3 atom stereocenters. The summed E-state index contributed by atoms with van der Waals surface area (Å²) in [6, 6.07) is 15.6. The lowest BCUT2D eigenvalue weighted by Crippen LogP contribution is -2.56. The molecule has 1 unspecified atom stereocenters. The molecule has 3 aliphatic heterocycles. The standard InChI is InChI=1S/C26H23N3O4S/c30-19-8-9-28-24(25(19)31)26(32)27-11-16-10-17(16)12-33-20-6-3-4-15-13-34-21-7-2-1-5-18(21)23(22(15)20)29(28)14-27/h1-9,16-17,23,31H,10-14H2/t16?,17-,23-/m1/s1. The van der Waals surface area contributed by atoms with Gasteiger partial charge in [-0.1, -0.05) is 30.3 Å². The molecule has 2 aromatic carbocycles. The highest BCUT2D eigenvalue weighted by atomic mass is 32.2. The zero-order chi connectivity index (χ0) is 23.0. The fourth-order valence-corrected chi connectivity index (χ4v) is 6.65. The van der Waals surface area contributed by atoms with E-state index in [2.05, 4.69) is 29.3 Å². The number of aromatic nitrogens is 1. The number of nitrogens with zero attached hydrogens (tertiary/aromatic N) is 3. The van der Waals surface area contributed by atoms with Crippen LogP contribution in [0.15, 0.2) is 64.4 Å². The van der Waals surface area contributed by atoms with Crippen LogP contribution in [0, 0.1) is 11.8 Å². The molecule has 172 valence electrons. The number of benzene rings is 2. The van der Waals surface area contributed by atoms with Crippen molar-refractivity contribution in [3.05, 3.63) is 87.3 Å². The number of carbonyl (C=O) groups excluding carboxylic acids is 1. The molecule has 0 spiro atoms. The van der Waals surface area contributed by atoms with Gasteiger partial charge in [0.15, 0.2) is 11.4 Å². The molecule has 0 saturated heterocycles. The maximum Gasteiger partial charge on any atom is 0.277 e. The predicted molar refractivity (Wildman–Crippen MR) is 128 cm³/mol. The smallest absolute Gasteiger partial charge is 0.277 e. The van der Waals surface area contributed by atoms with E-state index in [4.69, 9.17) is 4.74 Å². The molecule has 4 heterocycles. The number of hydrogen-bond acceptors (Lipinski definition) is 6. The fraction of sp³-hybridized carbons (Fsp3) is 0.308. The van der Waals surface area contributed by atoms with Crippen LogP contribution in [-0.4, -0.2) is 40.4 Å². The number of pyridine rings is 1. The van der Waals surface area contributed by atoms with Crippen LogP contribution in [0.2, 0.25) is 0 Å². The Morgan fingerprint density at radius 2 is 1.91 bits per heavy atom. The number of aromatic hydroxyl groups is 1. The summed E-state index contributed by atoms with van der Waals surface area (Å²) in [5.41, 5.74) is 2.87. The second-order valence-corrected chi connectivity index (χ2v) is 10.5. The maximum atomic E-state index is 13.5. The van der Waals surface area contributed by atoms with E-state index >= 15 is 0 Å². The Morgan fingerprint density at radius 1 is 1.03 bits per heavy atom. The third-order valence-corrected chi connectivity index (χ3v) is 8.58. The van der Waals surface area contributed by atoms with Gasteiger partial charge in [0.1, 0.15) is 18.5 Å². The second-order valence-electron chi connectivity index (χ2n) is 9.46. The van der Waals surface area contributed by atoms with Crippen LogP contribution in [0.4, 0.5) is 0 Å². The van der Waals surface area contributed by atoms with Gasteiger partial charge in [-0.3, -0.25) is 19.3 Å². The number of fused-ring (bicyclic) bond motifs is 8. The van der Waals surface area contributed by atoms with Crippen molar-refractivity contribution in [3.8, 4) is 11.5 Å². The van der Waals surface area contributed by atoms with Gasteiger partial charge in [-0.25, -0.2) is 0 Å². The lowest BCUT2D eigenvalue weighted by molar-refractivity contribution is 0.0667. The van der Waals surface area contributed by atoms with E-state index in [9.17, 15) is 14.7 Å². The number of ether oxygens (including phenoxy) is 1. The number of thioether (sulfide) groups is 1. The first-order valence-corrected chi connectivity index (χ1v) is 12.6. The zero-order valence-electron chi connectivity index (χ0n) is 18.4. The van der Waals surface area contributed by atoms with Crippen molar-refractivity contribution in [3.63, 3.8) is 0 Å². The molecule has 1 N–H and O–H groups in total. The summed E-state index contributed by atoms with van der Waals surface area (Å²) in [6.45, 7) is 1.56. The molecular weight excluding hydrogens is 450 g/mol. The Labute approximate surface area is 200 Å². The van der Waals surface area contributed by atoms with Gasteiger partial charge in [-0.15, -0.1) is 11.8 Å². The third kappa shape index (κ3) is 2.91. The number of amides is 1. The zero-order valence-corrected chi connectivity index (χ0v) is 19.2. The average Bonchev–Trinajstić information content (AvgIpc) is 3.61. The van der Waals surface area contributed by atoms with Crippen LogP contribution in [0.5, 0.6) is 11.5 Å². The van der Waals surface area contributed by atoms with Crippen molar-refractivity contribution in [2.45, 2.75) is 23.1 Å². The highest BCUT2D eigenvalue weighted by molar-refractivity contribution is 7.98. The van der Waals surface area contributed by atoms with E-state index in [1.165, 1.54) is 16.5 Å². The summed E-state index contributed by atoms with van der Waals surface area (Å²) in [7, 11) is 0. The molecule has 8 heteroatoms. The lowest BCUT2D eigenvalue weighted by atomic mass is 9.93. The highest BCUT2D eigenvalue weighted by Gasteiger charge is 2.45. The Bertz CT molecular complexity index is 1400. The Balaban J connectivity index is 1.53. The Morgan fingerprint density at radius 3 is 2.82 bits per heavy atom. The van der Waals surface area contributed by atoms with E-state index in [-0.39, 0.29) is 17.6 Å². The first-order chi connectivity index (χ1) is 16.6. The van der Waals surface area contributed by atoms with E-state index in [1.807, 2.05) is 18.2 Å². The molecule has 4 aliphatic rings. The quantitative estimate of drug-likeness (QED) is 0.540. The van der Waals surface area contributed by atoms with Crippen molar-refractivity contribution in [1.29, 1.82) is 0 Å². The summed E-state index contributed by atoms with van der Waals surface area (Å²) in [6.07, 6.45) is 2.62. The van der Waals surface area contributed by atoms with Crippen molar-refractivity contribution < 1.29 is 14.6 Å². The largest absolute Gasteiger partial charge is 0.502 e. The lowest BCUT2D eigenvalue weighted by Gasteiger charge is -2.44. The Hall–Kier alpha value is -3.39. The fourth-order valence-electron chi connectivity index (χ4n) is 5.56. The van der Waals surface area contributed by atoms with Gasteiger partial charge in [0.2, 0.25) is 5.43 Å². The van der Waals surface area contributed by atoms with Crippen LogP contribution in [0.25, 0.3) is 0 Å². The topological polar surface area (TPSA) is 75.0 Å². The molecule has 1 aliphatic carbocycles. The molecule has 1 saturated carbocycles. The molecular formula is C26H23N3O4S. The summed E-state index contributed by atoms with van der Waals surface area (Å²) >= 11 is 1.79. The predicted octanol–water partition coefficient (Wildman–Crippen LogP) is 3.33. The minimum absolute atomic E-state index is 0.0320. The van der Waals surface area contributed by atoms with Crippen molar-refractivity contribution in [1.82, 2.24) is 9.58 Å². The molecule has 34 heavy (non-hydrogen) atoms. The van der Waals surface area contributed by atoms with Gasteiger partial charge in [-0.2, -0.15) is 0 Å². The average molecular weight is 474 g/mol. The number of rotatable bonds is 0. The van der Waals surface area contributed by atoms with Crippen molar-refractivity contribution in [2.24, 2.45) is 11.8 Å². The summed E-state index contributed by atoms with van der Waals surface area (Å²) in [5, 5.41) is 12.8. The minimum Gasteiger partial charge on any atom is -0.502 e. The monoisotopic (exact) mass is 473 g/mol. The normalized spacial score (nSPS) is 24.5. The van der Waals surface area contributed by atoms with Gasteiger partial charge in [0.25, 0.3) is 5.91 Å². The first kappa shape index (κ1) is 20.0.